The summed E-state index contributed by atoms with van der Waals surface area (Å²) in [6.45, 7) is 8.62. The number of halogens is 1. The molecule has 0 unspecified atom stereocenters. The van der Waals surface area contributed by atoms with Crippen LogP contribution >= 0.6 is 15.9 Å². The Morgan fingerprint density at radius 1 is 1.33 bits per heavy atom. The summed E-state index contributed by atoms with van der Waals surface area (Å²) in [4.78, 5) is 0. The van der Waals surface area contributed by atoms with Crippen LogP contribution in [0.15, 0.2) is 22.7 Å². The summed E-state index contributed by atoms with van der Waals surface area (Å²) in [6, 6.07) is 6.27. The van der Waals surface area contributed by atoms with Gasteiger partial charge in [-0.1, -0.05) is 55.8 Å². The van der Waals surface area contributed by atoms with E-state index in [1.165, 1.54) is 5.56 Å². The van der Waals surface area contributed by atoms with Gasteiger partial charge in [0.1, 0.15) is 0 Å². The van der Waals surface area contributed by atoms with Crippen molar-refractivity contribution in [1.82, 2.24) is 0 Å². The number of rotatable bonds is 2. The molecule has 0 bridgehead atoms. The number of aliphatic hydroxyl groups excluding tert-OH is 1. The third-order valence-electron chi connectivity index (χ3n) is 2.51. The van der Waals surface area contributed by atoms with Gasteiger partial charge in [0, 0.05) is 10.4 Å². The van der Waals surface area contributed by atoms with Crippen LogP contribution in [0.3, 0.4) is 0 Å². The fourth-order valence-electron chi connectivity index (χ4n) is 1.48. The number of benzene rings is 1. The highest BCUT2D eigenvalue weighted by atomic mass is 79.9. The summed E-state index contributed by atoms with van der Waals surface area (Å²) in [5, 5.41) is 9.06. The first-order valence-electron chi connectivity index (χ1n) is 5.10. The average molecular weight is 270 g/mol. The molecule has 0 atom stereocenters. The molecule has 0 saturated carbocycles. The molecule has 15 heavy (non-hydrogen) atoms. The lowest BCUT2D eigenvalue weighted by Crippen LogP contribution is -2.12. The van der Waals surface area contributed by atoms with Crippen LogP contribution in [-0.2, 0) is 5.41 Å². The van der Waals surface area contributed by atoms with Gasteiger partial charge < -0.3 is 5.11 Å². The zero-order valence-electron chi connectivity index (χ0n) is 9.76. The lowest BCUT2D eigenvalue weighted by molar-refractivity contribution is 0.315. The molecule has 1 radical (unpaired) electrons. The van der Waals surface area contributed by atoms with Crippen LogP contribution in [0.2, 0.25) is 0 Å². The van der Waals surface area contributed by atoms with E-state index < -0.39 is 0 Å². The molecule has 0 fully saturated rings. The van der Waals surface area contributed by atoms with Gasteiger partial charge in [0.2, 0.25) is 0 Å². The van der Waals surface area contributed by atoms with Gasteiger partial charge in [-0.25, -0.2) is 0 Å². The summed E-state index contributed by atoms with van der Waals surface area (Å²) in [7, 11) is 0. The smallest absolute Gasteiger partial charge is 0.0534 e. The van der Waals surface area contributed by atoms with Gasteiger partial charge in [-0.05, 0) is 22.6 Å². The van der Waals surface area contributed by atoms with E-state index in [4.69, 9.17) is 5.11 Å². The number of aliphatic hydroxyl groups is 1. The molecular weight excluding hydrogens is 252 g/mol. The molecular formula is C13H18BrO. The van der Waals surface area contributed by atoms with E-state index in [2.05, 4.69) is 54.9 Å². The zero-order valence-corrected chi connectivity index (χ0v) is 11.4. The third kappa shape index (κ3) is 3.05. The maximum absolute atomic E-state index is 9.06. The lowest BCUT2D eigenvalue weighted by Gasteiger charge is -2.22. The van der Waals surface area contributed by atoms with Crippen LogP contribution in [-0.4, -0.2) is 11.7 Å². The van der Waals surface area contributed by atoms with Crippen molar-refractivity contribution in [2.24, 2.45) is 0 Å². The Labute approximate surface area is 101 Å². The van der Waals surface area contributed by atoms with Crippen LogP contribution in [0.25, 0.3) is 0 Å². The van der Waals surface area contributed by atoms with Crippen LogP contribution in [0.4, 0.5) is 0 Å². The molecule has 0 aliphatic carbocycles. The quantitative estimate of drug-likeness (QED) is 0.869. The Balaban J connectivity index is 3.09. The number of hydrogen-bond acceptors (Lipinski definition) is 1. The molecule has 1 rings (SSSR count). The first-order chi connectivity index (χ1) is 6.86. The summed E-state index contributed by atoms with van der Waals surface area (Å²) in [6.07, 6.45) is 0. The molecule has 0 heterocycles. The maximum atomic E-state index is 9.06. The standard InChI is InChI=1S/C13H18BrO/c1-9(8-15)10-5-6-11(12(14)7-10)13(2,3)4/h5-7,15H,8H2,1-4H3. The zero-order chi connectivity index (χ0) is 11.6. The first kappa shape index (κ1) is 12.7. The minimum Gasteiger partial charge on any atom is -0.395 e. The van der Waals surface area contributed by atoms with E-state index in [1.807, 2.05) is 6.92 Å². The van der Waals surface area contributed by atoms with E-state index in [0.29, 0.717) is 0 Å². The molecule has 2 heteroatoms. The molecule has 0 amide bonds. The second-order valence-electron chi connectivity index (χ2n) is 4.88. The molecule has 1 N–H and O–H groups in total. The summed E-state index contributed by atoms with van der Waals surface area (Å²) < 4.78 is 1.11. The Bertz CT molecular complexity index is 339. The van der Waals surface area contributed by atoms with Gasteiger partial charge in [0.05, 0.1) is 6.61 Å². The van der Waals surface area contributed by atoms with Gasteiger partial charge in [0.25, 0.3) is 0 Å². The van der Waals surface area contributed by atoms with Crippen LogP contribution in [0, 0.1) is 5.92 Å². The van der Waals surface area contributed by atoms with Crippen molar-refractivity contribution in [3.8, 4) is 0 Å². The Hall–Kier alpha value is -0.340. The molecule has 1 aromatic rings. The molecule has 0 saturated heterocycles. The van der Waals surface area contributed by atoms with Crippen LogP contribution in [0.1, 0.15) is 38.8 Å². The highest BCUT2D eigenvalue weighted by Crippen LogP contribution is 2.31. The maximum Gasteiger partial charge on any atom is 0.0534 e. The van der Waals surface area contributed by atoms with Crippen molar-refractivity contribution in [2.75, 3.05) is 6.61 Å². The van der Waals surface area contributed by atoms with Gasteiger partial charge in [0.15, 0.2) is 0 Å². The molecule has 83 valence electrons. The minimum absolute atomic E-state index is 0.112. The van der Waals surface area contributed by atoms with Crippen molar-refractivity contribution in [3.05, 3.63) is 39.7 Å². The van der Waals surface area contributed by atoms with Crippen molar-refractivity contribution in [1.29, 1.82) is 0 Å². The second kappa shape index (κ2) is 4.67. The van der Waals surface area contributed by atoms with Crippen molar-refractivity contribution in [3.63, 3.8) is 0 Å². The minimum atomic E-state index is 0.112. The summed E-state index contributed by atoms with van der Waals surface area (Å²) >= 11 is 3.59. The average Bonchev–Trinajstić information content (AvgIpc) is 2.14. The lowest BCUT2D eigenvalue weighted by atomic mass is 9.86. The van der Waals surface area contributed by atoms with E-state index in [0.717, 1.165) is 16.0 Å². The molecule has 0 spiro atoms. The van der Waals surface area contributed by atoms with E-state index in [9.17, 15) is 0 Å². The molecule has 0 aliphatic rings. The van der Waals surface area contributed by atoms with Crippen molar-refractivity contribution >= 4 is 15.9 Å². The van der Waals surface area contributed by atoms with Gasteiger partial charge in [-0.2, -0.15) is 0 Å². The Kier molecular flexibility index (Phi) is 3.96. The summed E-state index contributed by atoms with van der Waals surface area (Å²) in [5.74, 6) is 0.996. The number of hydrogen-bond donors (Lipinski definition) is 1. The molecule has 0 aliphatic heterocycles. The fourth-order valence-corrected chi connectivity index (χ4v) is 2.45. The topological polar surface area (TPSA) is 20.2 Å². The van der Waals surface area contributed by atoms with E-state index >= 15 is 0 Å². The normalized spacial score (nSPS) is 12.2. The van der Waals surface area contributed by atoms with Gasteiger partial charge in [-0.15, -0.1) is 0 Å². The third-order valence-corrected chi connectivity index (χ3v) is 3.16. The van der Waals surface area contributed by atoms with Crippen molar-refractivity contribution in [2.45, 2.75) is 33.1 Å². The molecule has 0 aromatic heterocycles. The van der Waals surface area contributed by atoms with Gasteiger partial charge in [-0.3, -0.25) is 0 Å². The van der Waals surface area contributed by atoms with Crippen LogP contribution < -0.4 is 0 Å². The second-order valence-corrected chi connectivity index (χ2v) is 5.74. The van der Waals surface area contributed by atoms with E-state index in [-0.39, 0.29) is 12.0 Å². The van der Waals surface area contributed by atoms with Crippen molar-refractivity contribution < 1.29 is 5.11 Å². The highest BCUT2D eigenvalue weighted by molar-refractivity contribution is 9.10. The highest BCUT2D eigenvalue weighted by Gasteiger charge is 2.17. The largest absolute Gasteiger partial charge is 0.395 e. The first-order valence-corrected chi connectivity index (χ1v) is 5.89. The monoisotopic (exact) mass is 269 g/mol. The van der Waals surface area contributed by atoms with E-state index in [1.54, 1.807) is 0 Å². The Morgan fingerprint density at radius 3 is 2.33 bits per heavy atom. The predicted octanol–water partition coefficient (Wildman–Crippen LogP) is 3.68. The van der Waals surface area contributed by atoms with Gasteiger partial charge >= 0.3 is 0 Å². The van der Waals surface area contributed by atoms with Crippen LogP contribution in [0.5, 0.6) is 0 Å². The Morgan fingerprint density at radius 2 is 1.93 bits per heavy atom. The summed E-state index contributed by atoms with van der Waals surface area (Å²) in [5.41, 5.74) is 2.53. The fraction of sp³-hybridized carbons (Fsp3) is 0.462. The molecule has 1 aromatic carbocycles. The predicted molar refractivity (Wildman–Crippen MR) is 67.9 cm³/mol. The SMILES string of the molecule is C[C](CO)c1ccc(C(C)(C)C)c(Br)c1. The molecule has 1 nitrogen and oxygen atoms in total.